The van der Waals surface area contributed by atoms with Gasteiger partial charge in [-0.15, -0.1) is 0 Å². The summed E-state index contributed by atoms with van der Waals surface area (Å²) < 4.78 is 44.5. The normalized spacial score (nSPS) is 22.5. The minimum atomic E-state index is -3.56. The van der Waals surface area contributed by atoms with Gasteiger partial charge in [-0.2, -0.15) is 0 Å². The molecule has 0 spiro atoms. The standard InChI is InChI=1S/C23H28BrNO5S/c1-16-22(30-23-20(28-2)7-5-8-21(23)31(16,26)27)17-9-10-19(18(24)15-17)29-14-6-13-25-11-3-4-12-25/h5,7-10,15-16,22H,3-4,6,11-14H2,1-2H3/t16-,22+/m0/s1. The zero-order valence-electron chi connectivity index (χ0n) is 17.8. The molecule has 2 atom stereocenters. The Bertz CT molecular complexity index is 1040. The number of benzene rings is 2. The minimum Gasteiger partial charge on any atom is -0.493 e. The molecule has 1 fully saturated rings. The second-order valence-corrected chi connectivity index (χ2v) is 11.1. The molecule has 168 valence electrons. The highest BCUT2D eigenvalue weighted by Crippen LogP contribution is 2.46. The molecule has 0 aliphatic carbocycles. The largest absolute Gasteiger partial charge is 0.493 e. The van der Waals surface area contributed by atoms with Crippen LogP contribution in [0.15, 0.2) is 45.8 Å². The molecule has 2 aromatic rings. The molecule has 4 rings (SSSR count). The lowest BCUT2D eigenvalue weighted by atomic mass is 10.1. The molecular formula is C23H28BrNO5S. The topological polar surface area (TPSA) is 65.1 Å². The summed E-state index contributed by atoms with van der Waals surface area (Å²) in [5.74, 6) is 1.43. The lowest BCUT2D eigenvalue weighted by Gasteiger charge is -2.32. The smallest absolute Gasteiger partial charge is 0.188 e. The first-order chi connectivity index (χ1) is 14.9. The number of para-hydroxylation sites is 1. The number of sulfone groups is 1. The molecule has 2 aliphatic heterocycles. The van der Waals surface area contributed by atoms with Crippen LogP contribution < -0.4 is 14.2 Å². The van der Waals surface area contributed by atoms with Crippen LogP contribution in [0.3, 0.4) is 0 Å². The summed E-state index contributed by atoms with van der Waals surface area (Å²) in [5.41, 5.74) is 0.768. The number of likely N-dealkylation sites (tertiary alicyclic amines) is 1. The van der Waals surface area contributed by atoms with Crippen LogP contribution in [-0.4, -0.2) is 51.9 Å². The first-order valence-corrected chi connectivity index (χ1v) is 13.0. The Morgan fingerprint density at radius 1 is 1.16 bits per heavy atom. The maximum atomic E-state index is 13.1. The summed E-state index contributed by atoms with van der Waals surface area (Å²) >= 11 is 3.58. The van der Waals surface area contributed by atoms with Crippen LogP contribution in [0.4, 0.5) is 0 Å². The molecule has 6 nitrogen and oxygen atoms in total. The maximum Gasteiger partial charge on any atom is 0.188 e. The van der Waals surface area contributed by atoms with Gasteiger partial charge in [-0.05, 0) is 85.0 Å². The monoisotopic (exact) mass is 509 g/mol. The van der Waals surface area contributed by atoms with Crippen molar-refractivity contribution in [1.29, 1.82) is 0 Å². The van der Waals surface area contributed by atoms with Crippen molar-refractivity contribution in [1.82, 2.24) is 4.90 Å². The second-order valence-electron chi connectivity index (χ2n) is 8.02. The van der Waals surface area contributed by atoms with E-state index in [1.807, 2.05) is 18.2 Å². The molecule has 31 heavy (non-hydrogen) atoms. The Balaban J connectivity index is 1.49. The van der Waals surface area contributed by atoms with Crippen LogP contribution in [0.1, 0.15) is 37.9 Å². The van der Waals surface area contributed by atoms with Crippen LogP contribution in [0.25, 0.3) is 0 Å². The van der Waals surface area contributed by atoms with Crippen LogP contribution in [0.5, 0.6) is 17.2 Å². The highest BCUT2D eigenvalue weighted by molar-refractivity contribution is 9.10. The Kier molecular flexibility index (Phi) is 6.79. The average molecular weight is 510 g/mol. The van der Waals surface area contributed by atoms with E-state index in [-0.39, 0.29) is 10.6 Å². The van der Waals surface area contributed by atoms with Gasteiger partial charge in [-0.1, -0.05) is 12.1 Å². The fraction of sp³-hybridized carbons (Fsp3) is 0.478. The third kappa shape index (κ3) is 4.56. The molecule has 0 saturated carbocycles. The zero-order valence-corrected chi connectivity index (χ0v) is 20.2. The van der Waals surface area contributed by atoms with Crippen LogP contribution in [0, 0.1) is 0 Å². The van der Waals surface area contributed by atoms with Crippen LogP contribution >= 0.6 is 15.9 Å². The van der Waals surface area contributed by atoms with Crippen molar-refractivity contribution in [2.24, 2.45) is 0 Å². The summed E-state index contributed by atoms with van der Waals surface area (Å²) in [7, 11) is -2.05. The van der Waals surface area contributed by atoms with Crippen molar-refractivity contribution in [2.75, 3.05) is 33.4 Å². The fourth-order valence-electron chi connectivity index (χ4n) is 4.21. The van der Waals surface area contributed by atoms with Gasteiger partial charge >= 0.3 is 0 Å². The van der Waals surface area contributed by atoms with Crippen LogP contribution in [-0.2, 0) is 9.84 Å². The SMILES string of the molecule is COc1cccc2c1O[C@@H](c1ccc(OCCCN3CCCC3)c(Br)c1)[C@H](C)S2(=O)=O. The highest BCUT2D eigenvalue weighted by atomic mass is 79.9. The molecule has 0 N–H and O–H groups in total. The molecule has 0 unspecified atom stereocenters. The number of methoxy groups -OCH3 is 1. The molecule has 8 heteroatoms. The van der Waals surface area contributed by atoms with E-state index >= 15 is 0 Å². The zero-order chi connectivity index (χ0) is 22.0. The predicted octanol–water partition coefficient (Wildman–Crippen LogP) is 4.62. The van der Waals surface area contributed by atoms with Gasteiger partial charge in [0.05, 0.1) is 18.2 Å². The number of halogens is 1. The van der Waals surface area contributed by atoms with Gasteiger partial charge in [0.25, 0.3) is 0 Å². The molecule has 0 radical (unpaired) electrons. The average Bonchev–Trinajstić information content (AvgIpc) is 3.28. The van der Waals surface area contributed by atoms with E-state index < -0.39 is 21.2 Å². The number of ether oxygens (including phenoxy) is 3. The molecule has 0 amide bonds. The molecule has 0 aromatic heterocycles. The van der Waals surface area contributed by atoms with Gasteiger partial charge in [0.2, 0.25) is 0 Å². The lowest BCUT2D eigenvalue weighted by Crippen LogP contribution is -2.34. The van der Waals surface area contributed by atoms with Gasteiger partial charge in [0.1, 0.15) is 22.0 Å². The Hall–Kier alpha value is -1.77. The van der Waals surface area contributed by atoms with E-state index in [0.717, 1.165) is 28.8 Å². The summed E-state index contributed by atoms with van der Waals surface area (Å²) in [5, 5.41) is -0.730. The van der Waals surface area contributed by atoms with Crippen molar-refractivity contribution >= 4 is 25.8 Å². The van der Waals surface area contributed by atoms with Crippen molar-refractivity contribution in [3.05, 3.63) is 46.4 Å². The van der Waals surface area contributed by atoms with Gasteiger partial charge in [0, 0.05) is 6.54 Å². The summed E-state index contributed by atoms with van der Waals surface area (Å²) in [6.07, 6.45) is 2.92. The third-order valence-corrected chi connectivity index (χ3v) is 8.77. The van der Waals surface area contributed by atoms with Gasteiger partial charge in [-0.25, -0.2) is 8.42 Å². The summed E-state index contributed by atoms with van der Waals surface area (Å²) in [6.45, 7) is 5.76. The predicted molar refractivity (Wildman–Crippen MR) is 123 cm³/mol. The Morgan fingerprint density at radius 2 is 1.94 bits per heavy atom. The lowest BCUT2D eigenvalue weighted by molar-refractivity contribution is 0.180. The van der Waals surface area contributed by atoms with E-state index in [4.69, 9.17) is 14.2 Å². The van der Waals surface area contributed by atoms with E-state index in [9.17, 15) is 8.42 Å². The number of fused-ring (bicyclic) bond motifs is 1. The minimum absolute atomic E-state index is 0.174. The van der Waals surface area contributed by atoms with Crippen molar-refractivity contribution < 1.29 is 22.6 Å². The summed E-state index contributed by atoms with van der Waals surface area (Å²) in [4.78, 5) is 2.64. The maximum absolute atomic E-state index is 13.1. The first kappa shape index (κ1) is 22.4. The van der Waals surface area contributed by atoms with E-state index in [1.54, 1.807) is 25.1 Å². The fourth-order valence-corrected chi connectivity index (χ4v) is 6.33. The van der Waals surface area contributed by atoms with Crippen molar-refractivity contribution in [2.45, 2.75) is 42.4 Å². The second kappa shape index (κ2) is 9.38. The van der Waals surface area contributed by atoms with Crippen LogP contribution in [0.2, 0.25) is 0 Å². The van der Waals surface area contributed by atoms with Gasteiger partial charge < -0.3 is 19.1 Å². The summed E-state index contributed by atoms with van der Waals surface area (Å²) in [6, 6.07) is 10.6. The Labute approximate surface area is 192 Å². The number of rotatable bonds is 7. The number of hydrogen-bond acceptors (Lipinski definition) is 6. The van der Waals surface area contributed by atoms with Gasteiger partial charge in [-0.3, -0.25) is 0 Å². The number of nitrogens with zero attached hydrogens (tertiary/aromatic N) is 1. The molecular weight excluding hydrogens is 482 g/mol. The number of hydrogen-bond donors (Lipinski definition) is 0. The van der Waals surface area contributed by atoms with Crippen molar-refractivity contribution in [3.8, 4) is 17.2 Å². The third-order valence-electron chi connectivity index (χ3n) is 5.99. The molecule has 1 saturated heterocycles. The van der Waals surface area contributed by atoms with E-state index in [2.05, 4.69) is 20.8 Å². The highest BCUT2D eigenvalue weighted by Gasteiger charge is 2.41. The molecule has 2 aromatic carbocycles. The first-order valence-electron chi connectivity index (χ1n) is 10.6. The Morgan fingerprint density at radius 3 is 2.65 bits per heavy atom. The molecule has 2 heterocycles. The van der Waals surface area contributed by atoms with E-state index in [1.165, 1.54) is 33.0 Å². The quantitative estimate of drug-likeness (QED) is 0.507. The van der Waals surface area contributed by atoms with Gasteiger partial charge in [0.15, 0.2) is 21.3 Å². The van der Waals surface area contributed by atoms with Crippen molar-refractivity contribution in [3.63, 3.8) is 0 Å². The molecule has 2 aliphatic rings. The van der Waals surface area contributed by atoms with E-state index in [0.29, 0.717) is 12.4 Å². The molecule has 0 bridgehead atoms.